The molecule has 0 aromatic rings. The fourth-order valence-corrected chi connectivity index (χ4v) is 2.24. The molecule has 0 aliphatic rings. The topological polar surface area (TPSA) is 43.4 Å². The average molecular weight is 296 g/mol. The van der Waals surface area contributed by atoms with Crippen LogP contribution >= 0.6 is 0 Å². The molecule has 0 fully saturated rings. The van der Waals surface area contributed by atoms with Gasteiger partial charge in [0.2, 0.25) is 0 Å². The predicted molar refractivity (Wildman–Crippen MR) is 86.9 cm³/mol. The van der Waals surface area contributed by atoms with Gasteiger partial charge in [-0.2, -0.15) is 0 Å². The van der Waals surface area contributed by atoms with Gasteiger partial charge in [-0.1, -0.05) is 47.0 Å². The van der Waals surface area contributed by atoms with E-state index in [9.17, 15) is 9.59 Å². The molecule has 0 spiro atoms. The molecule has 0 saturated carbocycles. The van der Waals surface area contributed by atoms with E-state index in [0.29, 0.717) is 0 Å². The van der Waals surface area contributed by atoms with Gasteiger partial charge in [0.25, 0.3) is 0 Å². The maximum absolute atomic E-state index is 12.1. The highest BCUT2D eigenvalue weighted by Gasteiger charge is 2.19. The molecule has 1 unspecified atom stereocenters. The van der Waals surface area contributed by atoms with Crippen LogP contribution in [0, 0.1) is 5.92 Å². The Hall–Kier alpha value is -1.12. The number of Topliss-reactive ketones (excluding diaryl/α,β-unsaturated/α-hetero) is 1. The van der Waals surface area contributed by atoms with E-state index in [1.54, 1.807) is 6.26 Å². The van der Waals surface area contributed by atoms with Gasteiger partial charge in [0.05, 0.1) is 6.26 Å². The fraction of sp³-hybridized carbons (Fsp3) is 0.778. The summed E-state index contributed by atoms with van der Waals surface area (Å²) in [5, 5.41) is 0. The predicted octanol–water partition coefficient (Wildman–Crippen LogP) is 5.19. The van der Waals surface area contributed by atoms with E-state index in [0.717, 1.165) is 56.9 Å². The Morgan fingerprint density at radius 3 is 2.24 bits per heavy atom. The highest BCUT2D eigenvalue weighted by atomic mass is 16.5. The third kappa shape index (κ3) is 9.43. The van der Waals surface area contributed by atoms with Gasteiger partial charge in [-0.05, 0) is 37.7 Å². The first kappa shape index (κ1) is 19.9. The van der Waals surface area contributed by atoms with Gasteiger partial charge >= 0.3 is 5.97 Å². The third-order valence-electron chi connectivity index (χ3n) is 3.84. The van der Waals surface area contributed by atoms with Gasteiger partial charge in [-0.25, -0.2) is 0 Å². The largest absolute Gasteiger partial charge is 0.434 e. The first-order chi connectivity index (χ1) is 10.1. The molecule has 3 heteroatoms. The van der Waals surface area contributed by atoms with Crippen LogP contribution in [-0.4, -0.2) is 11.8 Å². The smallest absolute Gasteiger partial charge is 0.318 e. The highest BCUT2D eigenvalue weighted by molar-refractivity contribution is 5.96. The van der Waals surface area contributed by atoms with Gasteiger partial charge in [0.1, 0.15) is 12.2 Å². The first-order valence-corrected chi connectivity index (χ1v) is 8.48. The minimum Gasteiger partial charge on any atom is -0.434 e. The summed E-state index contributed by atoms with van der Waals surface area (Å²) in [7, 11) is 0. The summed E-state index contributed by atoms with van der Waals surface area (Å²) in [5.74, 6) is -0.388. The number of carbonyl (C=O) groups excluding carboxylic acids is 2. The van der Waals surface area contributed by atoms with Crippen LogP contribution in [-0.2, 0) is 14.3 Å². The van der Waals surface area contributed by atoms with E-state index in [4.69, 9.17) is 4.74 Å². The fourth-order valence-electron chi connectivity index (χ4n) is 2.24. The second-order valence-electron chi connectivity index (χ2n) is 5.61. The number of unbranched alkanes of at least 4 members (excludes halogenated alkanes) is 2. The summed E-state index contributed by atoms with van der Waals surface area (Å²) in [5.41, 5.74) is 1.13. The SMILES string of the molecule is CCCCC(=COC(=O)CC(=O)C(CC)CCCC)CC. The molecule has 0 aromatic heterocycles. The Balaban J connectivity index is 4.27. The lowest BCUT2D eigenvalue weighted by molar-refractivity contribution is -0.142. The Morgan fingerprint density at radius 2 is 1.71 bits per heavy atom. The Morgan fingerprint density at radius 1 is 1.05 bits per heavy atom. The maximum Gasteiger partial charge on any atom is 0.318 e. The summed E-state index contributed by atoms with van der Waals surface area (Å²) in [6, 6.07) is 0. The molecule has 0 bridgehead atoms. The summed E-state index contributed by atoms with van der Waals surface area (Å²) < 4.78 is 5.14. The molecule has 0 aliphatic heterocycles. The molecule has 0 amide bonds. The van der Waals surface area contributed by atoms with Crippen molar-refractivity contribution in [2.45, 2.75) is 85.5 Å². The minimum absolute atomic E-state index is 0.00668. The van der Waals surface area contributed by atoms with E-state index in [-0.39, 0.29) is 18.1 Å². The van der Waals surface area contributed by atoms with Crippen molar-refractivity contribution in [1.82, 2.24) is 0 Å². The van der Waals surface area contributed by atoms with Crippen LogP contribution in [0.3, 0.4) is 0 Å². The molecule has 0 heterocycles. The number of carbonyl (C=O) groups is 2. The first-order valence-electron chi connectivity index (χ1n) is 8.48. The van der Waals surface area contributed by atoms with Gasteiger partial charge < -0.3 is 4.74 Å². The Bertz CT molecular complexity index is 331. The zero-order valence-corrected chi connectivity index (χ0v) is 14.2. The molecule has 21 heavy (non-hydrogen) atoms. The molecule has 3 nitrogen and oxygen atoms in total. The minimum atomic E-state index is -0.419. The molecule has 0 saturated heterocycles. The molecule has 122 valence electrons. The van der Waals surface area contributed by atoms with Crippen molar-refractivity contribution in [2.24, 2.45) is 5.92 Å². The normalized spacial score (nSPS) is 13.0. The van der Waals surface area contributed by atoms with Crippen LogP contribution in [0.4, 0.5) is 0 Å². The van der Waals surface area contributed by atoms with E-state index < -0.39 is 5.97 Å². The van der Waals surface area contributed by atoms with Crippen molar-refractivity contribution in [1.29, 1.82) is 0 Å². The summed E-state index contributed by atoms with van der Waals surface area (Å²) in [6.07, 6.45) is 9.33. The summed E-state index contributed by atoms with van der Waals surface area (Å²) in [6.45, 7) is 8.31. The molecule has 0 aliphatic carbocycles. The third-order valence-corrected chi connectivity index (χ3v) is 3.84. The lowest BCUT2D eigenvalue weighted by Gasteiger charge is -2.12. The second kappa shape index (κ2) is 12.6. The standard InChI is InChI=1S/C18H32O3/c1-5-9-11-15(7-3)14-21-18(20)13-17(19)16(8-4)12-10-6-2/h14,16H,5-13H2,1-4H3. The van der Waals surface area contributed by atoms with Crippen LogP contribution in [0.25, 0.3) is 0 Å². The molecule has 0 radical (unpaired) electrons. The van der Waals surface area contributed by atoms with Gasteiger partial charge in [0, 0.05) is 5.92 Å². The lowest BCUT2D eigenvalue weighted by atomic mass is 9.93. The van der Waals surface area contributed by atoms with Crippen molar-refractivity contribution in [3.05, 3.63) is 11.8 Å². The van der Waals surface area contributed by atoms with Crippen LogP contribution < -0.4 is 0 Å². The number of hydrogen-bond donors (Lipinski definition) is 0. The highest BCUT2D eigenvalue weighted by Crippen LogP contribution is 2.16. The number of ketones is 1. The van der Waals surface area contributed by atoms with E-state index >= 15 is 0 Å². The quantitative estimate of drug-likeness (QED) is 0.283. The molecular weight excluding hydrogens is 264 g/mol. The van der Waals surface area contributed by atoms with Crippen LogP contribution in [0.15, 0.2) is 11.8 Å². The molecule has 0 N–H and O–H groups in total. The van der Waals surface area contributed by atoms with Crippen molar-refractivity contribution < 1.29 is 14.3 Å². The van der Waals surface area contributed by atoms with Crippen LogP contribution in [0.5, 0.6) is 0 Å². The van der Waals surface area contributed by atoms with Crippen molar-refractivity contribution in [3.63, 3.8) is 0 Å². The van der Waals surface area contributed by atoms with Crippen molar-refractivity contribution >= 4 is 11.8 Å². The van der Waals surface area contributed by atoms with Gasteiger partial charge in [-0.3, -0.25) is 9.59 Å². The van der Waals surface area contributed by atoms with Crippen molar-refractivity contribution in [3.8, 4) is 0 Å². The molecule has 0 rings (SSSR count). The average Bonchev–Trinajstić information content (AvgIpc) is 2.48. The summed E-state index contributed by atoms with van der Waals surface area (Å²) >= 11 is 0. The van der Waals surface area contributed by atoms with E-state index in [2.05, 4.69) is 20.8 Å². The van der Waals surface area contributed by atoms with Gasteiger partial charge in [0.15, 0.2) is 0 Å². The number of rotatable bonds is 12. The summed E-state index contributed by atoms with van der Waals surface area (Å²) in [4.78, 5) is 23.8. The van der Waals surface area contributed by atoms with E-state index in [1.807, 2.05) is 6.92 Å². The Labute approximate surface area is 130 Å². The van der Waals surface area contributed by atoms with Crippen molar-refractivity contribution in [2.75, 3.05) is 0 Å². The number of esters is 1. The number of ether oxygens (including phenoxy) is 1. The zero-order valence-electron chi connectivity index (χ0n) is 14.2. The molecule has 0 aromatic carbocycles. The van der Waals surface area contributed by atoms with E-state index in [1.165, 1.54) is 0 Å². The maximum atomic E-state index is 12.1. The van der Waals surface area contributed by atoms with Crippen LogP contribution in [0.2, 0.25) is 0 Å². The van der Waals surface area contributed by atoms with Crippen LogP contribution in [0.1, 0.15) is 85.5 Å². The zero-order chi connectivity index (χ0) is 16.1. The molecular formula is C18H32O3. The number of allylic oxidation sites excluding steroid dienone is 1. The molecule has 1 atom stereocenters. The lowest BCUT2D eigenvalue weighted by Crippen LogP contribution is -2.18. The number of hydrogen-bond acceptors (Lipinski definition) is 3. The Kier molecular flexibility index (Phi) is 11.9. The monoisotopic (exact) mass is 296 g/mol. The second-order valence-corrected chi connectivity index (χ2v) is 5.61. The van der Waals surface area contributed by atoms with Gasteiger partial charge in [-0.15, -0.1) is 0 Å².